The summed E-state index contributed by atoms with van der Waals surface area (Å²) >= 11 is 0. The number of ether oxygens (including phenoxy) is 1. The number of carboxylic acid groups (broad SMARTS) is 1. The monoisotopic (exact) mass is 371 g/mol. The second-order valence-corrected chi connectivity index (χ2v) is 5.00. The maximum absolute atomic E-state index is 11.8. The molecule has 0 aromatic rings. The van der Waals surface area contributed by atoms with Crippen molar-refractivity contribution in [3.63, 3.8) is 0 Å². The van der Waals surface area contributed by atoms with Crippen LogP contribution in [0.2, 0.25) is 0 Å². The highest BCUT2D eigenvalue weighted by molar-refractivity contribution is 5.94. The summed E-state index contributed by atoms with van der Waals surface area (Å²) in [6, 6.07) is -2.11. The summed E-state index contributed by atoms with van der Waals surface area (Å²) in [7, 11) is 0. The molecule has 0 rings (SSSR count). The summed E-state index contributed by atoms with van der Waals surface area (Å²) in [4.78, 5) is 34.2. The maximum Gasteiger partial charge on any atom is 0.336 e. The molecule has 0 amide bonds. The Labute approximate surface area is 140 Å². The molecule has 0 saturated heterocycles. The predicted octanol–water partition coefficient (Wildman–Crippen LogP) is -6.33. The molecular weight excluding hydrogens is 350 g/mol. The van der Waals surface area contributed by atoms with Crippen LogP contribution in [0.1, 0.15) is 0 Å². The van der Waals surface area contributed by atoms with E-state index in [2.05, 4.69) is 4.74 Å². The number of carboxylic acids is 1. The Kier molecular flexibility index (Phi) is 9.61. The fourth-order valence-corrected chi connectivity index (χ4v) is 1.58. The third-order valence-electron chi connectivity index (χ3n) is 3.14. The minimum atomic E-state index is -2.62. The van der Waals surface area contributed by atoms with Crippen molar-refractivity contribution in [3.05, 3.63) is 0 Å². The number of ketones is 1. The first kappa shape index (κ1) is 23.3. The number of rotatable bonds is 11. The van der Waals surface area contributed by atoms with Crippen LogP contribution in [0.3, 0.4) is 0 Å². The first-order chi connectivity index (χ1) is 11.5. The third kappa shape index (κ3) is 6.26. The van der Waals surface area contributed by atoms with E-state index in [0.29, 0.717) is 0 Å². The Morgan fingerprint density at radius 1 is 0.920 bits per heavy atom. The van der Waals surface area contributed by atoms with Crippen LogP contribution in [0, 0.1) is 0 Å². The Hall–Kier alpha value is -1.71. The van der Waals surface area contributed by atoms with Crippen LogP contribution in [-0.2, 0) is 19.1 Å². The molecule has 7 atom stereocenters. The summed E-state index contributed by atoms with van der Waals surface area (Å²) in [5.41, 5.74) is 5.26. The molecule has 0 fully saturated rings. The number of nitrogens with two attached hydrogens (primary N) is 1. The van der Waals surface area contributed by atoms with Gasteiger partial charge < -0.3 is 51.3 Å². The molecule has 0 unspecified atom stereocenters. The number of carbonyl (C=O) groups is 3. The van der Waals surface area contributed by atoms with E-state index in [1.54, 1.807) is 0 Å². The van der Waals surface area contributed by atoms with Crippen molar-refractivity contribution in [2.24, 2.45) is 5.73 Å². The van der Waals surface area contributed by atoms with Crippen molar-refractivity contribution >= 4 is 17.7 Å². The van der Waals surface area contributed by atoms with Gasteiger partial charge >= 0.3 is 11.9 Å². The number of hydrogen-bond donors (Lipinski definition) is 9. The van der Waals surface area contributed by atoms with Gasteiger partial charge in [-0.25, -0.2) is 4.79 Å². The topological polar surface area (TPSA) is 248 Å². The smallest absolute Gasteiger partial charge is 0.336 e. The van der Waals surface area contributed by atoms with Crippen LogP contribution in [0.25, 0.3) is 0 Å². The number of aliphatic hydroxyl groups is 7. The number of aliphatic hydroxyl groups excluding tert-OH is 7. The third-order valence-corrected chi connectivity index (χ3v) is 3.14. The molecule has 0 aliphatic carbocycles. The normalized spacial score (nSPS) is 19.8. The molecule has 0 aromatic heterocycles. The fourth-order valence-electron chi connectivity index (χ4n) is 1.58. The Balaban J connectivity index is 5.25. The Morgan fingerprint density at radius 3 is 1.84 bits per heavy atom. The minimum Gasteiger partial charge on any atom is -0.479 e. The second-order valence-electron chi connectivity index (χ2n) is 5.00. The number of hydrogen-bond acceptors (Lipinski definition) is 12. The van der Waals surface area contributed by atoms with Crippen LogP contribution >= 0.6 is 0 Å². The van der Waals surface area contributed by atoms with Gasteiger partial charge in [0, 0.05) is 0 Å². The van der Waals surface area contributed by atoms with E-state index in [9.17, 15) is 34.8 Å². The maximum atomic E-state index is 11.8. The van der Waals surface area contributed by atoms with Gasteiger partial charge in [-0.05, 0) is 0 Å². The van der Waals surface area contributed by atoms with Crippen LogP contribution in [0.4, 0.5) is 0 Å². The molecule has 0 aromatic carbocycles. The van der Waals surface area contributed by atoms with Gasteiger partial charge in [0.15, 0.2) is 12.2 Å². The molecule has 13 nitrogen and oxygen atoms in total. The lowest BCUT2D eigenvalue weighted by molar-refractivity contribution is -0.177. The quantitative estimate of drug-likeness (QED) is 0.153. The van der Waals surface area contributed by atoms with Gasteiger partial charge in [0.2, 0.25) is 5.78 Å². The lowest BCUT2D eigenvalue weighted by Gasteiger charge is -2.27. The molecule has 25 heavy (non-hydrogen) atoms. The summed E-state index contributed by atoms with van der Waals surface area (Å²) in [6.45, 7) is -2.14. The van der Waals surface area contributed by atoms with Crippen LogP contribution in [-0.4, -0.2) is 114 Å². The largest absolute Gasteiger partial charge is 0.479 e. The molecule has 0 aliphatic rings. The highest BCUT2D eigenvalue weighted by Crippen LogP contribution is 2.10. The van der Waals surface area contributed by atoms with Gasteiger partial charge in [-0.3, -0.25) is 9.59 Å². The molecule has 10 N–H and O–H groups in total. The summed E-state index contributed by atoms with van der Waals surface area (Å²) < 4.78 is 4.37. The molecule has 146 valence electrons. The van der Waals surface area contributed by atoms with E-state index < -0.39 is 73.6 Å². The van der Waals surface area contributed by atoms with Crippen molar-refractivity contribution in [1.29, 1.82) is 0 Å². The van der Waals surface area contributed by atoms with Gasteiger partial charge in [0.05, 0.1) is 13.2 Å². The Bertz CT molecular complexity index is 471. The van der Waals surface area contributed by atoms with Crippen molar-refractivity contribution in [3.8, 4) is 0 Å². The van der Waals surface area contributed by atoms with E-state index in [1.165, 1.54) is 0 Å². The molecule has 0 bridgehead atoms. The average Bonchev–Trinajstić information content (AvgIpc) is 2.60. The zero-order valence-electron chi connectivity index (χ0n) is 12.7. The number of aliphatic carboxylic acids is 1. The molecule has 0 heterocycles. The first-order valence-corrected chi connectivity index (χ1v) is 6.84. The molecule has 0 radical (unpaired) electrons. The molecule has 13 heteroatoms. The van der Waals surface area contributed by atoms with E-state index in [-0.39, 0.29) is 0 Å². The van der Waals surface area contributed by atoms with Gasteiger partial charge in [-0.2, -0.15) is 0 Å². The minimum absolute atomic E-state index is 0.985. The van der Waals surface area contributed by atoms with Crippen LogP contribution < -0.4 is 5.73 Å². The zero-order chi connectivity index (χ0) is 19.9. The molecule has 0 saturated carbocycles. The van der Waals surface area contributed by atoms with E-state index in [0.717, 1.165) is 0 Å². The predicted molar refractivity (Wildman–Crippen MR) is 74.7 cm³/mol. The Morgan fingerprint density at radius 2 is 1.44 bits per heavy atom. The van der Waals surface area contributed by atoms with Gasteiger partial charge in [-0.15, -0.1) is 0 Å². The van der Waals surface area contributed by atoms with Crippen molar-refractivity contribution in [2.45, 2.75) is 42.7 Å². The first-order valence-electron chi connectivity index (χ1n) is 6.84. The van der Waals surface area contributed by atoms with Gasteiger partial charge in [0.1, 0.15) is 30.5 Å². The highest BCUT2D eigenvalue weighted by atomic mass is 16.6. The number of Topliss-reactive ketones (excluding diaryl/α,β-unsaturated/α-hetero) is 1. The second kappa shape index (κ2) is 10.3. The van der Waals surface area contributed by atoms with Gasteiger partial charge in [-0.1, -0.05) is 0 Å². The van der Waals surface area contributed by atoms with Crippen molar-refractivity contribution in [2.75, 3.05) is 13.2 Å². The molecule has 0 aliphatic heterocycles. The van der Waals surface area contributed by atoms with Crippen LogP contribution in [0.15, 0.2) is 0 Å². The van der Waals surface area contributed by atoms with Crippen molar-refractivity contribution < 1.29 is 60.0 Å². The SMILES string of the molecule is N[C@@H](C(=O)O[C@@H](C(=O)[C@@H](O)CO)[C@H](O)C(=O)O)[C@@H](O)[C@@H](O)[C@H](O)CO. The molecule has 0 spiro atoms. The lowest BCUT2D eigenvalue weighted by atomic mass is 10.0. The number of esters is 1. The zero-order valence-corrected chi connectivity index (χ0v) is 12.7. The average molecular weight is 371 g/mol. The lowest BCUT2D eigenvalue weighted by Crippen LogP contribution is -2.56. The highest BCUT2D eigenvalue weighted by Gasteiger charge is 2.41. The fraction of sp³-hybridized carbons (Fsp3) is 0.750. The van der Waals surface area contributed by atoms with Gasteiger partial charge in [0.25, 0.3) is 0 Å². The van der Waals surface area contributed by atoms with E-state index in [1.807, 2.05) is 0 Å². The standard InChI is InChI=1S/C12H21NO12/c13-5(8(20)6(18)3(16)1-14)12(24)25-10(9(21)11(22)23)7(19)4(17)2-15/h3-6,8-10,14-18,20-21H,1-2,13H2,(H,22,23)/t3-,4+,5-,6+,8-,9+,10+/m1/s1. The number of carbonyl (C=O) groups excluding carboxylic acids is 2. The summed E-state index contributed by atoms with van der Waals surface area (Å²) in [5, 5.41) is 72.8. The summed E-state index contributed by atoms with van der Waals surface area (Å²) in [6.07, 6.45) is -13.4. The van der Waals surface area contributed by atoms with Crippen LogP contribution in [0.5, 0.6) is 0 Å². The van der Waals surface area contributed by atoms with E-state index >= 15 is 0 Å². The van der Waals surface area contributed by atoms with E-state index in [4.69, 9.17) is 26.2 Å². The molecular formula is C12H21NO12. The summed E-state index contributed by atoms with van der Waals surface area (Å²) in [5.74, 6) is -5.22. The van der Waals surface area contributed by atoms with Crippen molar-refractivity contribution in [1.82, 2.24) is 0 Å².